The van der Waals surface area contributed by atoms with Gasteiger partial charge in [-0.1, -0.05) is 11.6 Å². The van der Waals surface area contributed by atoms with Gasteiger partial charge in [0.15, 0.2) is 0 Å². The van der Waals surface area contributed by atoms with Gasteiger partial charge >= 0.3 is 5.82 Å². The summed E-state index contributed by atoms with van der Waals surface area (Å²) < 4.78 is 8.75. The number of hydrogen-bond donors (Lipinski definition) is 0. The summed E-state index contributed by atoms with van der Waals surface area (Å²) in [5.41, 5.74) is 1.25. The number of rotatable bonds is 2. The van der Waals surface area contributed by atoms with Gasteiger partial charge in [-0.25, -0.2) is 4.79 Å². The van der Waals surface area contributed by atoms with Crippen molar-refractivity contribution in [2.24, 2.45) is 0 Å². The predicted octanol–water partition coefficient (Wildman–Crippen LogP) is 0.500. The molecular weight excluding hydrogens is 134 g/mol. The molecule has 0 amide bonds. The molecule has 10 heavy (non-hydrogen) atoms. The molecule has 0 aliphatic heterocycles. The maximum atomic E-state index is 10.3. The Morgan fingerprint density at radius 1 is 1.70 bits per heavy atom. The molecule has 0 N–H and O–H groups in total. The standard InChI is InChI=1S/C6H5NO3/c8-6-9-5(7-10-6)3-4-1-2-4/h1H,2-3H2. The minimum absolute atomic E-state index is 0.369. The Labute approximate surface area is 56.1 Å². The summed E-state index contributed by atoms with van der Waals surface area (Å²) >= 11 is 0. The van der Waals surface area contributed by atoms with Gasteiger partial charge < -0.3 is 4.42 Å². The lowest BCUT2D eigenvalue weighted by molar-refractivity contribution is 0.334. The van der Waals surface area contributed by atoms with Gasteiger partial charge in [-0.15, -0.1) is 0 Å². The minimum Gasteiger partial charge on any atom is -0.375 e. The second kappa shape index (κ2) is 1.83. The monoisotopic (exact) mass is 139 g/mol. The molecule has 0 saturated heterocycles. The van der Waals surface area contributed by atoms with Crippen LogP contribution in [-0.4, -0.2) is 5.16 Å². The molecular formula is C6H5NO3. The highest BCUT2D eigenvalue weighted by Crippen LogP contribution is 2.21. The first-order chi connectivity index (χ1) is 4.84. The molecule has 2 rings (SSSR count). The Balaban J connectivity index is 2.17. The quantitative estimate of drug-likeness (QED) is 0.560. The molecule has 0 unspecified atom stereocenters. The fraction of sp³-hybridized carbons (Fsp3) is 0.333. The van der Waals surface area contributed by atoms with E-state index in [0.717, 1.165) is 6.42 Å². The van der Waals surface area contributed by atoms with E-state index in [1.54, 1.807) is 0 Å². The maximum Gasteiger partial charge on any atom is 0.542 e. The van der Waals surface area contributed by atoms with Crippen molar-refractivity contribution in [1.82, 2.24) is 5.16 Å². The van der Waals surface area contributed by atoms with E-state index in [-0.39, 0.29) is 0 Å². The molecule has 1 aliphatic carbocycles. The molecule has 0 radical (unpaired) electrons. The van der Waals surface area contributed by atoms with E-state index in [0.29, 0.717) is 12.3 Å². The van der Waals surface area contributed by atoms with Crippen LogP contribution in [0.25, 0.3) is 0 Å². The zero-order chi connectivity index (χ0) is 6.97. The molecule has 1 aromatic rings. The highest BCUT2D eigenvalue weighted by molar-refractivity contribution is 5.24. The van der Waals surface area contributed by atoms with Gasteiger partial charge in [0.25, 0.3) is 0 Å². The van der Waals surface area contributed by atoms with E-state index < -0.39 is 5.82 Å². The van der Waals surface area contributed by atoms with Crippen molar-refractivity contribution in [3.63, 3.8) is 0 Å². The maximum absolute atomic E-state index is 10.3. The summed E-state index contributed by atoms with van der Waals surface area (Å²) in [6, 6.07) is 0. The lowest BCUT2D eigenvalue weighted by Crippen LogP contribution is -1.86. The molecule has 1 heterocycles. The van der Waals surface area contributed by atoms with Crippen molar-refractivity contribution in [1.29, 1.82) is 0 Å². The molecule has 4 nitrogen and oxygen atoms in total. The van der Waals surface area contributed by atoms with Gasteiger partial charge in [0.05, 0.1) is 0 Å². The van der Waals surface area contributed by atoms with Crippen molar-refractivity contribution in [3.8, 4) is 0 Å². The lowest BCUT2D eigenvalue weighted by Gasteiger charge is -1.79. The van der Waals surface area contributed by atoms with Crippen LogP contribution in [-0.2, 0) is 6.42 Å². The second-order valence-corrected chi connectivity index (χ2v) is 2.17. The van der Waals surface area contributed by atoms with E-state index in [4.69, 9.17) is 0 Å². The molecule has 1 aromatic heterocycles. The molecule has 0 atom stereocenters. The van der Waals surface area contributed by atoms with Crippen molar-refractivity contribution in [2.45, 2.75) is 12.8 Å². The summed E-state index contributed by atoms with van der Waals surface area (Å²) in [6.07, 6.45) is 3.68. The largest absolute Gasteiger partial charge is 0.542 e. The number of nitrogens with zero attached hydrogens (tertiary/aromatic N) is 1. The first-order valence-electron chi connectivity index (χ1n) is 2.98. The first kappa shape index (κ1) is 5.46. The van der Waals surface area contributed by atoms with Crippen LogP contribution in [0.2, 0.25) is 0 Å². The predicted molar refractivity (Wildman–Crippen MR) is 31.4 cm³/mol. The smallest absolute Gasteiger partial charge is 0.375 e. The van der Waals surface area contributed by atoms with Gasteiger partial charge in [-0.3, -0.25) is 4.52 Å². The van der Waals surface area contributed by atoms with E-state index >= 15 is 0 Å². The van der Waals surface area contributed by atoms with Crippen LogP contribution in [0, 0.1) is 0 Å². The SMILES string of the molecule is O=c1onc(CC2=CC2)o1. The number of aromatic nitrogens is 1. The van der Waals surface area contributed by atoms with Crippen molar-refractivity contribution in [3.05, 3.63) is 28.2 Å². The van der Waals surface area contributed by atoms with Gasteiger partial charge in [-0.2, -0.15) is 0 Å². The zero-order valence-corrected chi connectivity index (χ0v) is 5.16. The summed E-state index contributed by atoms with van der Waals surface area (Å²) in [4.78, 5) is 10.3. The average molecular weight is 139 g/mol. The fourth-order valence-electron chi connectivity index (χ4n) is 0.701. The summed E-state index contributed by atoms with van der Waals surface area (Å²) in [6.45, 7) is 0. The van der Waals surface area contributed by atoms with E-state index in [2.05, 4.69) is 20.2 Å². The van der Waals surface area contributed by atoms with Crippen LogP contribution in [0.4, 0.5) is 0 Å². The van der Waals surface area contributed by atoms with Crippen molar-refractivity contribution >= 4 is 0 Å². The van der Waals surface area contributed by atoms with Gasteiger partial charge in [0.1, 0.15) is 0 Å². The summed E-state index contributed by atoms with van der Waals surface area (Å²) in [5.74, 6) is -0.356. The van der Waals surface area contributed by atoms with Crippen LogP contribution in [0.15, 0.2) is 25.4 Å². The van der Waals surface area contributed by atoms with Gasteiger partial charge in [-0.05, 0) is 11.6 Å². The highest BCUT2D eigenvalue weighted by atomic mass is 16.6. The fourth-order valence-corrected chi connectivity index (χ4v) is 0.701. The topological polar surface area (TPSA) is 56.2 Å². The van der Waals surface area contributed by atoms with Crippen molar-refractivity contribution < 1.29 is 8.94 Å². The molecule has 0 fully saturated rings. The second-order valence-electron chi connectivity index (χ2n) is 2.17. The lowest BCUT2D eigenvalue weighted by atomic mass is 10.3. The Morgan fingerprint density at radius 3 is 3.00 bits per heavy atom. The van der Waals surface area contributed by atoms with Crippen LogP contribution in [0.3, 0.4) is 0 Å². The van der Waals surface area contributed by atoms with Crippen LogP contribution in [0.5, 0.6) is 0 Å². The van der Waals surface area contributed by atoms with Crippen LogP contribution < -0.4 is 5.82 Å². The third kappa shape index (κ3) is 1.00. The molecule has 4 heteroatoms. The van der Waals surface area contributed by atoms with E-state index in [1.807, 2.05) is 0 Å². The molecule has 0 bridgehead atoms. The van der Waals surface area contributed by atoms with E-state index in [9.17, 15) is 4.79 Å². The number of hydrogen-bond acceptors (Lipinski definition) is 4. The molecule has 0 aromatic carbocycles. The molecule has 52 valence electrons. The average Bonchev–Trinajstić information content (AvgIpc) is 2.59. The van der Waals surface area contributed by atoms with Crippen LogP contribution >= 0.6 is 0 Å². The molecule has 0 spiro atoms. The van der Waals surface area contributed by atoms with Crippen LogP contribution in [0.1, 0.15) is 12.3 Å². The third-order valence-electron chi connectivity index (χ3n) is 1.29. The first-order valence-corrected chi connectivity index (χ1v) is 2.98. The Kier molecular flexibility index (Phi) is 1.00. The van der Waals surface area contributed by atoms with Gasteiger partial charge in [0, 0.05) is 6.42 Å². The third-order valence-corrected chi connectivity index (χ3v) is 1.29. The summed E-state index contributed by atoms with van der Waals surface area (Å²) in [5, 5.41) is 3.40. The zero-order valence-electron chi connectivity index (χ0n) is 5.16. The van der Waals surface area contributed by atoms with Crippen molar-refractivity contribution in [2.75, 3.05) is 0 Å². The Bertz CT molecular complexity index is 320. The molecule has 0 saturated carbocycles. The summed E-state index contributed by atoms with van der Waals surface area (Å²) in [7, 11) is 0. The van der Waals surface area contributed by atoms with E-state index in [1.165, 1.54) is 5.57 Å². The number of allylic oxidation sites excluding steroid dienone is 2. The Morgan fingerprint density at radius 2 is 2.50 bits per heavy atom. The highest BCUT2D eigenvalue weighted by Gasteiger charge is 2.12. The Hall–Kier alpha value is -1.32. The minimum atomic E-state index is -0.726. The van der Waals surface area contributed by atoms with Gasteiger partial charge in [0.2, 0.25) is 5.89 Å². The molecule has 1 aliphatic rings. The normalized spacial score (nSPS) is 15.0.